The topological polar surface area (TPSA) is 43.8 Å². The summed E-state index contributed by atoms with van der Waals surface area (Å²) >= 11 is 6.92. The second-order valence-electron chi connectivity index (χ2n) is 7.34. The summed E-state index contributed by atoms with van der Waals surface area (Å²) < 4.78 is 1.85. The van der Waals surface area contributed by atoms with Gasteiger partial charge in [-0.05, 0) is 55.0 Å². The van der Waals surface area contributed by atoms with E-state index in [0.29, 0.717) is 17.7 Å². The summed E-state index contributed by atoms with van der Waals surface area (Å²) in [7, 11) is 0. The third-order valence-electron chi connectivity index (χ3n) is 5.46. The van der Waals surface area contributed by atoms with E-state index in [-0.39, 0.29) is 6.03 Å². The molecule has 0 bridgehead atoms. The molecular weight excluding hydrogens is 508 g/mol. The van der Waals surface area contributed by atoms with Gasteiger partial charge in [0.2, 0.25) is 0 Å². The molecule has 154 valence electrons. The van der Waals surface area contributed by atoms with Gasteiger partial charge in [-0.3, -0.25) is 9.80 Å². The number of nitrogens with zero attached hydrogens (tertiary/aromatic N) is 2. The first-order valence-electron chi connectivity index (χ1n) is 9.89. The van der Waals surface area contributed by atoms with Crippen LogP contribution in [0.5, 0.6) is 0 Å². The van der Waals surface area contributed by atoms with Crippen LogP contribution in [-0.4, -0.2) is 17.2 Å². The number of hydrogen-bond donors (Lipinski definition) is 1. The Balaban J connectivity index is 1.93. The molecule has 1 saturated heterocycles. The lowest BCUT2D eigenvalue weighted by Gasteiger charge is -2.37. The fraction of sp³-hybridized carbons (Fsp3) is 0.208. The Hall–Kier alpha value is -2.15. The lowest BCUT2D eigenvalue weighted by Crippen LogP contribution is -2.49. The molecule has 1 N–H and O–H groups in total. The Morgan fingerprint density at radius 1 is 0.867 bits per heavy atom. The number of anilines is 2. The molecule has 1 aliphatic rings. The Kier molecular flexibility index (Phi) is 6.00. The van der Waals surface area contributed by atoms with E-state index in [9.17, 15) is 9.90 Å². The van der Waals surface area contributed by atoms with Crippen molar-refractivity contribution >= 4 is 49.3 Å². The maximum Gasteiger partial charge on any atom is 0.332 e. The fourth-order valence-corrected chi connectivity index (χ4v) is 4.64. The lowest BCUT2D eigenvalue weighted by atomic mass is 9.90. The van der Waals surface area contributed by atoms with Crippen molar-refractivity contribution in [2.45, 2.75) is 31.5 Å². The zero-order valence-corrected chi connectivity index (χ0v) is 19.7. The number of urea groups is 1. The van der Waals surface area contributed by atoms with Crippen LogP contribution in [0.2, 0.25) is 0 Å². The minimum absolute atomic E-state index is 0.246. The lowest BCUT2D eigenvalue weighted by molar-refractivity contribution is 0.0290. The van der Waals surface area contributed by atoms with Gasteiger partial charge >= 0.3 is 6.03 Å². The molecule has 1 heterocycles. The van der Waals surface area contributed by atoms with Gasteiger partial charge in [0.25, 0.3) is 0 Å². The van der Waals surface area contributed by atoms with Crippen molar-refractivity contribution in [2.75, 3.05) is 9.80 Å². The summed E-state index contributed by atoms with van der Waals surface area (Å²) in [6, 6.07) is 23.9. The van der Waals surface area contributed by atoms with Crippen LogP contribution in [0.1, 0.15) is 25.3 Å². The van der Waals surface area contributed by atoms with Crippen molar-refractivity contribution in [1.29, 1.82) is 0 Å². The predicted octanol–water partition coefficient (Wildman–Crippen LogP) is 6.67. The average Bonchev–Trinajstić information content (AvgIpc) is 2.98. The number of rotatable bonds is 5. The summed E-state index contributed by atoms with van der Waals surface area (Å²) in [4.78, 5) is 17.1. The highest BCUT2D eigenvalue weighted by Crippen LogP contribution is 2.46. The molecule has 4 rings (SSSR count). The van der Waals surface area contributed by atoms with E-state index >= 15 is 0 Å². The summed E-state index contributed by atoms with van der Waals surface area (Å²) in [6.07, 6.45) is 1.48. The quantitative estimate of drug-likeness (QED) is 0.401. The highest BCUT2D eigenvalue weighted by molar-refractivity contribution is 9.10. The van der Waals surface area contributed by atoms with Crippen LogP contribution in [0, 0.1) is 0 Å². The molecule has 3 aromatic carbocycles. The van der Waals surface area contributed by atoms with Crippen LogP contribution in [0.15, 0.2) is 87.8 Å². The van der Waals surface area contributed by atoms with Crippen LogP contribution in [-0.2, 0) is 5.72 Å². The highest BCUT2D eigenvalue weighted by Gasteiger charge is 2.58. The number of carbonyl (C=O) groups is 1. The Labute approximate surface area is 193 Å². The molecule has 0 spiro atoms. The second-order valence-corrected chi connectivity index (χ2v) is 9.17. The van der Waals surface area contributed by atoms with E-state index in [1.54, 1.807) is 4.90 Å². The van der Waals surface area contributed by atoms with Gasteiger partial charge in [0.15, 0.2) is 5.72 Å². The van der Waals surface area contributed by atoms with Gasteiger partial charge in [0.1, 0.15) is 0 Å². The van der Waals surface area contributed by atoms with Gasteiger partial charge in [-0.15, -0.1) is 0 Å². The van der Waals surface area contributed by atoms with Gasteiger partial charge in [-0.2, -0.15) is 0 Å². The van der Waals surface area contributed by atoms with Crippen molar-refractivity contribution in [3.8, 4) is 0 Å². The number of benzene rings is 3. The van der Waals surface area contributed by atoms with E-state index in [1.807, 2.05) is 78.9 Å². The molecule has 0 radical (unpaired) electrons. The smallest absolute Gasteiger partial charge is 0.332 e. The van der Waals surface area contributed by atoms with Crippen LogP contribution in [0.4, 0.5) is 16.2 Å². The molecule has 2 atom stereocenters. The number of halogens is 2. The van der Waals surface area contributed by atoms with E-state index in [1.165, 1.54) is 4.90 Å². The number of carbonyl (C=O) groups excluding carboxylic acids is 1. The molecule has 4 nitrogen and oxygen atoms in total. The Morgan fingerprint density at radius 3 is 1.93 bits per heavy atom. The number of hydrogen-bond acceptors (Lipinski definition) is 2. The largest absolute Gasteiger partial charge is 0.365 e. The number of amides is 2. The first-order valence-corrected chi connectivity index (χ1v) is 11.5. The van der Waals surface area contributed by atoms with E-state index < -0.39 is 11.8 Å². The summed E-state index contributed by atoms with van der Waals surface area (Å²) in [5, 5.41) is 12.2. The predicted molar refractivity (Wildman–Crippen MR) is 128 cm³/mol. The molecule has 0 saturated carbocycles. The Bertz CT molecular complexity index is 1030. The summed E-state index contributed by atoms with van der Waals surface area (Å²) in [6.45, 7) is 2.07. The van der Waals surface area contributed by atoms with Crippen molar-refractivity contribution in [2.24, 2.45) is 0 Å². The van der Waals surface area contributed by atoms with Gasteiger partial charge in [0.05, 0.1) is 6.04 Å². The molecule has 1 fully saturated rings. The molecular formula is C24H22Br2N2O2. The second kappa shape index (κ2) is 8.53. The molecule has 1 aliphatic heterocycles. The molecule has 6 heteroatoms. The third-order valence-corrected chi connectivity index (χ3v) is 6.52. The van der Waals surface area contributed by atoms with Crippen molar-refractivity contribution in [3.63, 3.8) is 0 Å². The van der Waals surface area contributed by atoms with Gasteiger partial charge in [0, 0.05) is 25.9 Å². The zero-order chi connectivity index (χ0) is 21.3. The highest BCUT2D eigenvalue weighted by atomic mass is 79.9. The van der Waals surface area contributed by atoms with Gasteiger partial charge in [-0.25, -0.2) is 4.79 Å². The normalized spacial score (nSPS) is 21.3. The first kappa shape index (κ1) is 21.1. The zero-order valence-electron chi connectivity index (χ0n) is 16.5. The molecule has 0 aromatic heterocycles. The van der Waals surface area contributed by atoms with E-state index in [4.69, 9.17) is 0 Å². The fourth-order valence-electron chi connectivity index (χ4n) is 4.11. The van der Waals surface area contributed by atoms with Crippen LogP contribution < -0.4 is 9.80 Å². The molecule has 2 amide bonds. The summed E-state index contributed by atoms with van der Waals surface area (Å²) in [5.41, 5.74) is 0.597. The van der Waals surface area contributed by atoms with Crippen molar-refractivity contribution in [3.05, 3.63) is 93.4 Å². The van der Waals surface area contributed by atoms with Gasteiger partial charge < -0.3 is 5.11 Å². The van der Waals surface area contributed by atoms with Crippen molar-refractivity contribution in [1.82, 2.24) is 0 Å². The average molecular weight is 530 g/mol. The van der Waals surface area contributed by atoms with Crippen LogP contribution >= 0.6 is 31.9 Å². The molecule has 3 aromatic rings. The first-order chi connectivity index (χ1) is 14.5. The maximum atomic E-state index is 13.8. The van der Waals surface area contributed by atoms with Crippen LogP contribution in [0.25, 0.3) is 0 Å². The van der Waals surface area contributed by atoms with E-state index in [0.717, 1.165) is 21.1 Å². The summed E-state index contributed by atoms with van der Waals surface area (Å²) in [5.74, 6) is 0. The minimum Gasteiger partial charge on any atom is -0.365 e. The van der Waals surface area contributed by atoms with Crippen molar-refractivity contribution < 1.29 is 9.90 Å². The molecule has 30 heavy (non-hydrogen) atoms. The third kappa shape index (κ3) is 3.57. The molecule has 1 unspecified atom stereocenters. The Morgan fingerprint density at radius 2 is 1.40 bits per heavy atom. The maximum absolute atomic E-state index is 13.8. The van der Waals surface area contributed by atoms with Crippen LogP contribution in [0.3, 0.4) is 0 Å². The standard InChI is InChI=1S/C24H22Br2N2O2/c1-2-6-22-24(30,17-7-4-3-5-8-17)28(21-15-11-19(26)12-16-21)23(29)27(22)20-13-9-18(25)10-14-20/h3-5,7-16,22,30H,2,6H2,1H3/t22-,24?/m1/s1. The number of aliphatic hydroxyl groups is 1. The van der Waals surface area contributed by atoms with E-state index in [2.05, 4.69) is 38.8 Å². The minimum atomic E-state index is -1.50. The molecule has 0 aliphatic carbocycles. The monoisotopic (exact) mass is 528 g/mol. The SMILES string of the molecule is CCC[C@H]1N(c2ccc(Br)cc2)C(=O)N(c2ccc(Br)cc2)C1(O)c1ccccc1. The van der Waals surface area contributed by atoms with Gasteiger partial charge in [-0.1, -0.05) is 75.5 Å².